The number of nitrogens with one attached hydrogen (secondary N) is 1. The van der Waals surface area contributed by atoms with Crippen molar-refractivity contribution >= 4 is 28.3 Å². The standard InChI is InChI=1S/C25H26F2N6O/c1-14-23-18(20(13-31(23)3)25(34)28-2)10-22(30-14)33-7-5-6-15-8-17(16-11-29-32(4)12-16)19(24(26)27)9-21(15)33/h8-13,24H,5-7H2,1-4H3,(H,28,34). The first-order valence-electron chi connectivity index (χ1n) is 11.2. The topological polar surface area (TPSA) is 68.0 Å². The lowest BCUT2D eigenvalue weighted by molar-refractivity contribution is 0.0964. The minimum Gasteiger partial charge on any atom is -0.355 e. The number of fused-ring (bicyclic) bond motifs is 2. The summed E-state index contributed by atoms with van der Waals surface area (Å²) in [5.74, 6) is 0.471. The van der Waals surface area contributed by atoms with Crippen molar-refractivity contribution in [2.45, 2.75) is 26.2 Å². The third kappa shape index (κ3) is 3.52. The average molecular weight is 465 g/mol. The fourth-order valence-corrected chi connectivity index (χ4v) is 4.96. The lowest BCUT2D eigenvalue weighted by atomic mass is 9.93. The van der Waals surface area contributed by atoms with E-state index in [4.69, 9.17) is 4.98 Å². The second kappa shape index (κ2) is 8.23. The van der Waals surface area contributed by atoms with E-state index in [0.29, 0.717) is 29.1 Å². The largest absolute Gasteiger partial charge is 0.355 e. The van der Waals surface area contributed by atoms with E-state index in [0.717, 1.165) is 40.7 Å². The van der Waals surface area contributed by atoms with Gasteiger partial charge in [-0.15, -0.1) is 0 Å². The molecule has 0 fully saturated rings. The highest BCUT2D eigenvalue weighted by molar-refractivity contribution is 6.08. The van der Waals surface area contributed by atoms with Gasteiger partial charge in [0.2, 0.25) is 0 Å². The van der Waals surface area contributed by atoms with Gasteiger partial charge in [0.15, 0.2) is 0 Å². The SMILES string of the molecule is CNC(=O)c1cn(C)c2c(C)nc(N3CCCc4cc(-c5cnn(C)c5)c(C(F)F)cc43)cc12. The highest BCUT2D eigenvalue weighted by Gasteiger charge is 2.26. The quantitative estimate of drug-likeness (QED) is 0.477. The Labute approximate surface area is 196 Å². The van der Waals surface area contributed by atoms with Crippen LogP contribution in [0.1, 0.15) is 40.0 Å². The molecule has 1 amide bonds. The summed E-state index contributed by atoms with van der Waals surface area (Å²) in [5, 5.41) is 7.63. The number of hydrogen-bond acceptors (Lipinski definition) is 4. The molecular formula is C25H26F2N6O. The monoisotopic (exact) mass is 464 g/mol. The highest BCUT2D eigenvalue weighted by atomic mass is 19.3. The number of alkyl halides is 2. The molecule has 34 heavy (non-hydrogen) atoms. The van der Waals surface area contributed by atoms with Crippen LogP contribution in [0.5, 0.6) is 0 Å². The number of hydrogen-bond donors (Lipinski definition) is 1. The Bertz CT molecular complexity index is 1420. The van der Waals surface area contributed by atoms with Crippen molar-refractivity contribution in [3.63, 3.8) is 0 Å². The normalized spacial score (nSPS) is 13.6. The molecule has 5 rings (SSSR count). The summed E-state index contributed by atoms with van der Waals surface area (Å²) in [4.78, 5) is 19.3. The van der Waals surface area contributed by atoms with E-state index in [1.807, 2.05) is 35.6 Å². The molecule has 3 aromatic heterocycles. The van der Waals surface area contributed by atoms with Crippen LogP contribution < -0.4 is 10.2 Å². The predicted molar refractivity (Wildman–Crippen MR) is 128 cm³/mol. The summed E-state index contributed by atoms with van der Waals surface area (Å²) in [6.45, 7) is 2.56. The van der Waals surface area contributed by atoms with Crippen molar-refractivity contribution in [1.82, 2.24) is 24.6 Å². The predicted octanol–water partition coefficient (Wildman–Crippen LogP) is 4.66. The molecule has 4 aromatic rings. The number of pyridine rings is 1. The summed E-state index contributed by atoms with van der Waals surface area (Å²) in [5.41, 5.74) is 5.09. The summed E-state index contributed by atoms with van der Waals surface area (Å²) in [6, 6.07) is 5.34. The van der Waals surface area contributed by atoms with Crippen LogP contribution in [-0.4, -0.2) is 38.8 Å². The average Bonchev–Trinajstić information content (AvgIpc) is 3.40. The van der Waals surface area contributed by atoms with Gasteiger partial charge in [0.05, 0.1) is 23.0 Å². The number of rotatable bonds is 4. The van der Waals surface area contributed by atoms with Gasteiger partial charge in [0, 0.05) is 62.3 Å². The van der Waals surface area contributed by atoms with E-state index >= 15 is 0 Å². The Morgan fingerprint density at radius 3 is 2.65 bits per heavy atom. The smallest absolute Gasteiger partial charge is 0.264 e. The van der Waals surface area contributed by atoms with Crippen molar-refractivity contribution in [3.05, 3.63) is 59.2 Å². The van der Waals surface area contributed by atoms with Gasteiger partial charge in [0.1, 0.15) is 5.82 Å². The van der Waals surface area contributed by atoms with Gasteiger partial charge in [0.25, 0.3) is 12.3 Å². The van der Waals surface area contributed by atoms with Crippen molar-refractivity contribution in [2.75, 3.05) is 18.5 Å². The lowest BCUT2D eigenvalue weighted by Gasteiger charge is -2.32. The molecular weight excluding hydrogens is 438 g/mol. The van der Waals surface area contributed by atoms with E-state index in [-0.39, 0.29) is 11.5 Å². The van der Waals surface area contributed by atoms with Gasteiger partial charge < -0.3 is 14.8 Å². The van der Waals surface area contributed by atoms with E-state index < -0.39 is 6.43 Å². The zero-order chi connectivity index (χ0) is 24.1. The second-order valence-electron chi connectivity index (χ2n) is 8.72. The van der Waals surface area contributed by atoms with E-state index in [1.54, 1.807) is 43.4 Å². The summed E-state index contributed by atoms with van der Waals surface area (Å²) in [6.07, 6.45) is 4.18. The van der Waals surface area contributed by atoms with Crippen molar-refractivity contribution in [3.8, 4) is 11.1 Å². The molecule has 1 N–H and O–H groups in total. The Hall–Kier alpha value is -3.75. The zero-order valence-electron chi connectivity index (χ0n) is 19.6. The van der Waals surface area contributed by atoms with Crippen LogP contribution in [0.25, 0.3) is 22.0 Å². The summed E-state index contributed by atoms with van der Waals surface area (Å²) >= 11 is 0. The number of carbonyl (C=O) groups is 1. The maximum Gasteiger partial charge on any atom is 0.264 e. The van der Waals surface area contributed by atoms with E-state index in [1.165, 1.54) is 0 Å². The third-order valence-corrected chi connectivity index (χ3v) is 6.49. The molecule has 7 nitrogen and oxygen atoms in total. The third-order valence-electron chi connectivity index (χ3n) is 6.49. The molecule has 0 unspecified atom stereocenters. The molecule has 0 radical (unpaired) electrons. The molecule has 1 aliphatic heterocycles. The molecule has 0 saturated carbocycles. The van der Waals surface area contributed by atoms with Gasteiger partial charge in [-0.05, 0) is 49.1 Å². The van der Waals surface area contributed by atoms with Crippen molar-refractivity contribution in [1.29, 1.82) is 0 Å². The summed E-state index contributed by atoms with van der Waals surface area (Å²) < 4.78 is 31.8. The molecule has 0 saturated heterocycles. The van der Waals surface area contributed by atoms with Gasteiger partial charge in [-0.1, -0.05) is 0 Å². The molecule has 9 heteroatoms. The number of benzene rings is 1. The fourth-order valence-electron chi connectivity index (χ4n) is 4.96. The Morgan fingerprint density at radius 1 is 1.18 bits per heavy atom. The number of aryl methyl sites for hydroxylation is 4. The van der Waals surface area contributed by atoms with Crippen LogP contribution in [-0.2, 0) is 20.5 Å². The number of carbonyl (C=O) groups excluding carboxylic acids is 1. The molecule has 0 atom stereocenters. The molecule has 0 aliphatic carbocycles. The Balaban J connectivity index is 1.68. The van der Waals surface area contributed by atoms with Gasteiger partial charge >= 0.3 is 0 Å². The van der Waals surface area contributed by atoms with E-state index in [2.05, 4.69) is 10.4 Å². The fraction of sp³-hybridized carbons (Fsp3) is 0.320. The van der Waals surface area contributed by atoms with Crippen LogP contribution in [0.3, 0.4) is 0 Å². The molecule has 4 heterocycles. The van der Waals surface area contributed by atoms with Crippen LogP contribution >= 0.6 is 0 Å². The minimum absolute atomic E-state index is 0.0257. The molecule has 0 bridgehead atoms. The maximum atomic E-state index is 14.2. The number of anilines is 2. The molecule has 176 valence electrons. The molecule has 0 spiro atoms. The number of aromatic nitrogens is 4. The first-order chi connectivity index (χ1) is 16.3. The maximum absolute atomic E-state index is 14.2. The van der Waals surface area contributed by atoms with Crippen LogP contribution in [0.2, 0.25) is 0 Å². The second-order valence-corrected chi connectivity index (χ2v) is 8.72. The minimum atomic E-state index is -2.63. The van der Waals surface area contributed by atoms with E-state index in [9.17, 15) is 13.6 Å². The van der Waals surface area contributed by atoms with Crippen LogP contribution in [0.15, 0.2) is 36.8 Å². The first-order valence-corrected chi connectivity index (χ1v) is 11.2. The Morgan fingerprint density at radius 2 is 1.97 bits per heavy atom. The van der Waals surface area contributed by atoms with Crippen LogP contribution in [0.4, 0.5) is 20.3 Å². The van der Waals surface area contributed by atoms with Crippen LogP contribution in [0, 0.1) is 6.92 Å². The number of halogens is 2. The molecule has 1 aromatic carbocycles. The zero-order valence-corrected chi connectivity index (χ0v) is 19.6. The highest BCUT2D eigenvalue weighted by Crippen LogP contribution is 2.41. The molecule has 1 aliphatic rings. The van der Waals surface area contributed by atoms with Gasteiger partial charge in [-0.2, -0.15) is 5.10 Å². The Kier molecular flexibility index (Phi) is 5.34. The van der Waals surface area contributed by atoms with Crippen molar-refractivity contribution in [2.24, 2.45) is 14.1 Å². The summed E-state index contributed by atoms with van der Waals surface area (Å²) in [7, 11) is 5.25. The number of amides is 1. The van der Waals surface area contributed by atoms with Gasteiger partial charge in [-0.3, -0.25) is 9.48 Å². The first kappa shape index (κ1) is 22.1. The van der Waals surface area contributed by atoms with Gasteiger partial charge in [-0.25, -0.2) is 13.8 Å². The van der Waals surface area contributed by atoms with Crippen molar-refractivity contribution < 1.29 is 13.6 Å². The number of nitrogens with zero attached hydrogens (tertiary/aromatic N) is 5. The lowest BCUT2D eigenvalue weighted by Crippen LogP contribution is -2.26.